The summed E-state index contributed by atoms with van der Waals surface area (Å²) in [5.74, 6) is 0.676. The summed E-state index contributed by atoms with van der Waals surface area (Å²) < 4.78 is 5.19. The lowest BCUT2D eigenvalue weighted by Crippen LogP contribution is -2.13. The summed E-state index contributed by atoms with van der Waals surface area (Å²) in [7, 11) is 1.63. The van der Waals surface area contributed by atoms with E-state index in [4.69, 9.17) is 4.74 Å². The molecule has 2 aromatic heterocycles. The van der Waals surface area contributed by atoms with Gasteiger partial charge in [0, 0.05) is 37.2 Å². The van der Waals surface area contributed by atoms with Crippen LogP contribution in [0.2, 0.25) is 0 Å². The van der Waals surface area contributed by atoms with E-state index in [9.17, 15) is 0 Å². The summed E-state index contributed by atoms with van der Waals surface area (Å²) in [4.78, 5) is 8.13. The van der Waals surface area contributed by atoms with Crippen molar-refractivity contribution in [3.8, 4) is 5.88 Å². The SMILES string of the molecule is COc1ncccc1CNCc1ccncc1. The largest absolute Gasteiger partial charge is 0.481 e. The van der Waals surface area contributed by atoms with E-state index in [0.717, 1.165) is 18.7 Å². The fourth-order valence-corrected chi connectivity index (χ4v) is 1.58. The minimum absolute atomic E-state index is 0.676. The van der Waals surface area contributed by atoms with Crippen molar-refractivity contribution in [2.45, 2.75) is 13.1 Å². The first-order valence-electron chi connectivity index (χ1n) is 5.47. The topological polar surface area (TPSA) is 47.0 Å². The fourth-order valence-electron chi connectivity index (χ4n) is 1.58. The van der Waals surface area contributed by atoms with E-state index in [1.54, 1.807) is 25.7 Å². The van der Waals surface area contributed by atoms with Crippen LogP contribution >= 0.6 is 0 Å². The first-order chi connectivity index (χ1) is 8.40. The molecule has 0 radical (unpaired) electrons. The van der Waals surface area contributed by atoms with Gasteiger partial charge in [0.2, 0.25) is 5.88 Å². The normalized spacial score (nSPS) is 10.2. The number of hydrogen-bond acceptors (Lipinski definition) is 4. The Hall–Kier alpha value is -1.94. The number of ether oxygens (including phenoxy) is 1. The number of methoxy groups -OCH3 is 1. The molecule has 2 heterocycles. The highest BCUT2D eigenvalue weighted by Crippen LogP contribution is 2.12. The smallest absolute Gasteiger partial charge is 0.217 e. The number of rotatable bonds is 5. The molecule has 0 saturated heterocycles. The molecule has 0 atom stereocenters. The minimum Gasteiger partial charge on any atom is -0.481 e. The zero-order valence-corrected chi connectivity index (χ0v) is 9.76. The Morgan fingerprint density at radius 3 is 2.71 bits per heavy atom. The van der Waals surface area contributed by atoms with Gasteiger partial charge in [-0.05, 0) is 23.8 Å². The van der Waals surface area contributed by atoms with Gasteiger partial charge in [-0.3, -0.25) is 4.98 Å². The van der Waals surface area contributed by atoms with Crippen LogP contribution < -0.4 is 10.1 Å². The standard InChI is InChI=1S/C13H15N3O/c1-17-13-12(3-2-6-16-13)10-15-9-11-4-7-14-8-5-11/h2-8,15H,9-10H2,1H3. The van der Waals surface area contributed by atoms with Gasteiger partial charge < -0.3 is 10.1 Å². The summed E-state index contributed by atoms with van der Waals surface area (Å²) in [6.07, 6.45) is 5.31. The van der Waals surface area contributed by atoms with Gasteiger partial charge in [0.25, 0.3) is 0 Å². The van der Waals surface area contributed by atoms with Crippen molar-refractivity contribution in [1.82, 2.24) is 15.3 Å². The summed E-state index contributed by atoms with van der Waals surface area (Å²) in [5.41, 5.74) is 2.27. The zero-order chi connectivity index (χ0) is 11.9. The highest BCUT2D eigenvalue weighted by molar-refractivity contribution is 5.25. The van der Waals surface area contributed by atoms with Gasteiger partial charge in [0.1, 0.15) is 0 Å². The number of nitrogens with one attached hydrogen (secondary N) is 1. The zero-order valence-electron chi connectivity index (χ0n) is 9.76. The van der Waals surface area contributed by atoms with E-state index in [-0.39, 0.29) is 0 Å². The molecule has 0 aliphatic heterocycles. The maximum Gasteiger partial charge on any atom is 0.217 e. The molecule has 0 aliphatic carbocycles. The summed E-state index contributed by atoms with van der Waals surface area (Å²) in [5, 5.41) is 3.34. The third kappa shape index (κ3) is 3.26. The first-order valence-corrected chi connectivity index (χ1v) is 5.47. The summed E-state index contributed by atoms with van der Waals surface area (Å²) >= 11 is 0. The van der Waals surface area contributed by atoms with Crippen molar-refractivity contribution in [1.29, 1.82) is 0 Å². The van der Waals surface area contributed by atoms with Crippen LogP contribution in [-0.4, -0.2) is 17.1 Å². The van der Waals surface area contributed by atoms with Crippen LogP contribution in [-0.2, 0) is 13.1 Å². The van der Waals surface area contributed by atoms with E-state index in [1.807, 2.05) is 24.3 Å². The van der Waals surface area contributed by atoms with Gasteiger partial charge >= 0.3 is 0 Å². The average Bonchev–Trinajstić information content (AvgIpc) is 2.40. The highest BCUT2D eigenvalue weighted by Gasteiger charge is 2.02. The van der Waals surface area contributed by atoms with Crippen LogP contribution in [0.1, 0.15) is 11.1 Å². The number of nitrogens with zero attached hydrogens (tertiary/aromatic N) is 2. The van der Waals surface area contributed by atoms with Crippen molar-refractivity contribution in [3.63, 3.8) is 0 Å². The highest BCUT2D eigenvalue weighted by atomic mass is 16.5. The number of pyridine rings is 2. The molecule has 0 saturated carbocycles. The van der Waals surface area contributed by atoms with Crippen molar-refractivity contribution >= 4 is 0 Å². The van der Waals surface area contributed by atoms with Gasteiger partial charge in [0.15, 0.2) is 0 Å². The van der Waals surface area contributed by atoms with Gasteiger partial charge in [0.05, 0.1) is 7.11 Å². The van der Waals surface area contributed by atoms with E-state index in [1.165, 1.54) is 5.56 Å². The van der Waals surface area contributed by atoms with E-state index < -0.39 is 0 Å². The molecule has 2 aromatic rings. The van der Waals surface area contributed by atoms with Gasteiger partial charge in [-0.1, -0.05) is 6.07 Å². The number of aromatic nitrogens is 2. The predicted octanol–water partition coefficient (Wildman–Crippen LogP) is 1.77. The Bertz CT molecular complexity index is 459. The lowest BCUT2D eigenvalue weighted by Gasteiger charge is -2.08. The molecule has 17 heavy (non-hydrogen) atoms. The van der Waals surface area contributed by atoms with Crippen molar-refractivity contribution in [3.05, 3.63) is 54.0 Å². The van der Waals surface area contributed by atoms with Crippen molar-refractivity contribution < 1.29 is 4.74 Å². The van der Waals surface area contributed by atoms with Crippen LogP contribution in [0.3, 0.4) is 0 Å². The molecule has 4 heteroatoms. The minimum atomic E-state index is 0.676. The monoisotopic (exact) mass is 229 g/mol. The third-order valence-corrected chi connectivity index (χ3v) is 2.44. The fraction of sp³-hybridized carbons (Fsp3) is 0.231. The average molecular weight is 229 g/mol. The van der Waals surface area contributed by atoms with Crippen molar-refractivity contribution in [2.75, 3.05) is 7.11 Å². The molecular weight excluding hydrogens is 214 g/mol. The molecule has 88 valence electrons. The third-order valence-electron chi connectivity index (χ3n) is 2.44. The van der Waals surface area contributed by atoms with Crippen LogP contribution in [0.15, 0.2) is 42.9 Å². The molecule has 0 fully saturated rings. The number of hydrogen-bond donors (Lipinski definition) is 1. The van der Waals surface area contributed by atoms with Gasteiger partial charge in [-0.15, -0.1) is 0 Å². The van der Waals surface area contributed by atoms with E-state index in [0.29, 0.717) is 5.88 Å². The van der Waals surface area contributed by atoms with Crippen molar-refractivity contribution in [2.24, 2.45) is 0 Å². The van der Waals surface area contributed by atoms with Crippen LogP contribution in [0.5, 0.6) is 5.88 Å². The van der Waals surface area contributed by atoms with Crippen LogP contribution in [0, 0.1) is 0 Å². The maximum absolute atomic E-state index is 5.19. The van der Waals surface area contributed by atoms with Gasteiger partial charge in [-0.25, -0.2) is 4.98 Å². The predicted molar refractivity (Wildman–Crippen MR) is 65.6 cm³/mol. The Morgan fingerprint density at radius 2 is 1.94 bits per heavy atom. The quantitative estimate of drug-likeness (QED) is 0.849. The summed E-state index contributed by atoms with van der Waals surface area (Å²) in [6.45, 7) is 1.54. The molecule has 0 spiro atoms. The Morgan fingerprint density at radius 1 is 1.12 bits per heavy atom. The second kappa shape index (κ2) is 5.96. The molecular formula is C13H15N3O. The Labute approximate surface area is 101 Å². The Balaban J connectivity index is 1.90. The molecule has 1 N–H and O–H groups in total. The molecule has 0 bridgehead atoms. The lowest BCUT2D eigenvalue weighted by atomic mass is 10.2. The second-order valence-electron chi connectivity index (χ2n) is 3.63. The molecule has 4 nitrogen and oxygen atoms in total. The van der Waals surface area contributed by atoms with E-state index >= 15 is 0 Å². The van der Waals surface area contributed by atoms with E-state index in [2.05, 4.69) is 15.3 Å². The maximum atomic E-state index is 5.19. The second-order valence-corrected chi connectivity index (χ2v) is 3.63. The van der Waals surface area contributed by atoms with Crippen LogP contribution in [0.4, 0.5) is 0 Å². The lowest BCUT2D eigenvalue weighted by molar-refractivity contribution is 0.390. The van der Waals surface area contributed by atoms with Gasteiger partial charge in [-0.2, -0.15) is 0 Å². The van der Waals surface area contributed by atoms with Crippen LogP contribution in [0.25, 0.3) is 0 Å². The Kier molecular flexibility index (Phi) is 4.05. The molecule has 0 aromatic carbocycles. The summed E-state index contributed by atoms with van der Waals surface area (Å²) in [6, 6.07) is 7.90. The molecule has 0 amide bonds. The molecule has 2 rings (SSSR count). The molecule has 0 unspecified atom stereocenters. The first kappa shape index (κ1) is 11.5. The molecule has 0 aliphatic rings.